The molecule has 144 valence electrons. The molecule has 0 aromatic heterocycles. The van der Waals surface area contributed by atoms with Gasteiger partial charge in [-0.25, -0.2) is 13.1 Å². The molecule has 1 saturated heterocycles. The highest BCUT2D eigenvalue weighted by Gasteiger charge is 2.21. The number of sulfonamides is 1. The number of benzene rings is 1. The molecule has 0 unspecified atom stereocenters. The number of carbonyl (C=O) groups is 2. The summed E-state index contributed by atoms with van der Waals surface area (Å²) < 4.78 is 27.0. The number of carbonyl (C=O) groups excluding carboxylic acids is 2. The van der Waals surface area contributed by atoms with Crippen LogP contribution in [0.25, 0.3) is 0 Å². The number of hydrogen-bond acceptors (Lipinski definition) is 5. The minimum Gasteiger partial charge on any atom is -0.340 e. The van der Waals surface area contributed by atoms with E-state index in [4.69, 9.17) is 0 Å². The molecule has 1 aliphatic heterocycles. The van der Waals surface area contributed by atoms with E-state index in [2.05, 4.69) is 21.9 Å². The Morgan fingerprint density at radius 2 is 1.69 bits per heavy atom. The lowest BCUT2D eigenvalue weighted by molar-refractivity contribution is -0.132. The Balaban J connectivity index is 1.82. The van der Waals surface area contributed by atoms with Gasteiger partial charge in [0.15, 0.2) is 0 Å². The fourth-order valence-electron chi connectivity index (χ4n) is 2.77. The van der Waals surface area contributed by atoms with Gasteiger partial charge < -0.3 is 15.1 Å². The molecule has 9 heteroatoms. The molecule has 2 amide bonds. The van der Waals surface area contributed by atoms with E-state index in [0.717, 1.165) is 19.6 Å². The molecule has 0 bridgehead atoms. The van der Waals surface area contributed by atoms with Gasteiger partial charge >= 0.3 is 0 Å². The summed E-state index contributed by atoms with van der Waals surface area (Å²) in [6.45, 7) is 7.59. The second kappa shape index (κ2) is 9.11. The minimum atomic E-state index is -3.69. The lowest BCUT2D eigenvalue weighted by atomic mass is 10.3. The van der Waals surface area contributed by atoms with Crippen LogP contribution < -0.4 is 10.0 Å². The van der Waals surface area contributed by atoms with Crippen molar-refractivity contribution in [2.75, 3.05) is 44.6 Å². The van der Waals surface area contributed by atoms with E-state index in [1.165, 1.54) is 31.2 Å². The van der Waals surface area contributed by atoms with Crippen molar-refractivity contribution in [3.63, 3.8) is 0 Å². The van der Waals surface area contributed by atoms with Crippen molar-refractivity contribution in [3.8, 4) is 0 Å². The third-order valence-corrected chi connectivity index (χ3v) is 5.77. The zero-order valence-corrected chi connectivity index (χ0v) is 16.0. The fraction of sp³-hybridized carbons (Fsp3) is 0.529. The highest BCUT2D eigenvalue weighted by molar-refractivity contribution is 7.89. The van der Waals surface area contributed by atoms with E-state index in [0.29, 0.717) is 18.8 Å². The molecule has 0 spiro atoms. The molecule has 1 aromatic rings. The van der Waals surface area contributed by atoms with Gasteiger partial charge in [0.1, 0.15) is 0 Å². The molecule has 0 radical (unpaired) electrons. The summed E-state index contributed by atoms with van der Waals surface area (Å²) in [5, 5.41) is 2.58. The monoisotopic (exact) mass is 382 g/mol. The first kappa shape index (κ1) is 20.3. The average Bonchev–Trinajstić information content (AvgIpc) is 2.61. The van der Waals surface area contributed by atoms with Gasteiger partial charge in [-0.15, -0.1) is 0 Å². The van der Waals surface area contributed by atoms with Crippen molar-refractivity contribution >= 4 is 27.5 Å². The topological polar surface area (TPSA) is 98.8 Å². The maximum Gasteiger partial charge on any atom is 0.240 e. The van der Waals surface area contributed by atoms with Crippen LogP contribution in [0.15, 0.2) is 29.2 Å². The number of nitrogens with one attached hydrogen (secondary N) is 2. The molecule has 26 heavy (non-hydrogen) atoms. The van der Waals surface area contributed by atoms with Gasteiger partial charge in [0.25, 0.3) is 0 Å². The molecule has 0 atom stereocenters. The predicted molar refractivity (Wildman–Crippen MR) is 99.2 cm³/mol. The van der Waals surface area contributed by atoms with Crippen LogP contribution in [-0.4, -0.2) is 69.3 Å². The maximum absolute atomic E-state index is 12.3. The molecule has 2 rings (SSSR count). The van der Waals surface area contributed by atoms with Crippen LogP contribution in [0.1, 0.15) is 20.3 Å². The molecule has 1 heterocycles. The van der Waals surface area contributed by atoms with E-state index in [9.17, 15) is 18.0 Å². The van der Waals surface area contributed by atoms with Crippen molar-refractivity contribution < 1.29 is 18.0 Å². The Kier molecular flexibility index (Phi) is 7.13. The van der Waals surface area contributed by atoms with E-state index in [-0.39, 0.29) is 29.7 Å². The van der Waals surface area contributed by atoms with Gasteiger partial charge in [-0.2, -0.15) is 0 Å². The zero-order chi connectivity index (χ0) is 19.2. The lowest BCUT2D eigenvalue weighted by Crippen LogP contribution is -2.49. The van der Waals surface area contributed by atoms with Crippen molar-refractivity contribution in [3.05, 3.63) is 24.3 Å². The van der Waals surface area contributed by atoms with E-state index in [1.54, 1.807) is 4.90 Å². The lowest BCUT2D eigenvalue weighted by Gasteiger charge is -2.34. The summed E-state index contributed by atoms with van der Waals surface area (Å²) in [7, 11) is -3.69. The fourth-order valence-corrected chi connectivity index (χ4v) is 3.80. The summed E-state index contributed by atoms with van der Waals surface area (Å²) in [6.07, 6.45) is 0.134. The van der Waals surface area contributed by atoms with Crippen molar-refractivity contribution in [2.24, 2.45) is 0 Å². The number of rotatable bonds is 7. The van der Waals surface area contributed by atoms with Crippen molar-refractivity contribution in [2.45, 2.75) is 25.2 Å². The number of likely N-dealkylation sites (N-methyl/N-ethyl adjacent to an activating group) is 1. The second-order valence-electron chi connectivity index (χ2n) is 6.17. The summed E-state index contributed by atoms with van der Waals surface area (Å²) in [5.74, 6) is -0.263. The van der Waals surface area contributed by atoms with Gasteiger partial charge in [0.05, 0.1) is 4.90 Å². The minimum absolute atomic E-state index is 0.0375. The van der Waals surface area contributed by atoms with Gasteiger partial charge in [-0.05, 0) is 30.8 Å². The highest BCUT2D eigenvalue weighted by atomic mass is 32.2. The van der Waals surface area contributed by atoms with Gasteiger partial charge in [-0.3, -0.25) is 9.59 Å². The zero-order valence-electron chi connectivity index (χ0n) is 15.2. The Hall–Kier alpha value is -1.97. The van der Waals surface area contributed by atoms with Crippen LogP contribution in [0.3, 0.4) is 0 Å². The molecular formula is C17H26N4O4S. The van der Waals surface area contributed by atoms with E-state index >= 15 is 0 Å². The summed E-state index contributed by atoms with van der Waals surface area (Å²) >= 11 is 0. The average molecular weight is 382 g/mol. The SMILES string of the molecule is CCN1CCN(C(=O)CCNS(=O)(=O)c2ccc(NC(C)=O)cc2)CC1. The quantitative estimate of drug-likeness (QED) is 0.715. The van der Waals surface area contributed by atoms with Crippen LogP contribution in [-0.2, 0) is 19.6 Å². The Morgan fingerprint density at radius 1 is 1.08 bits per heavy atom. The highest BCUT2D eigenvalue weighted by Crippen LogP contribution is 2.14. The number of amides is 2. The summed E-state index contributed by atoms with van der Waals surface area (Å²) in [4.78, 5) is 27.3. The first-order valence-corrected chi connectivity index (χ1v) is 10.2. The summed E-state index contributed by atoms with van der Waals surface area (Å²) in [5.41, 5.74) is 0.526. The first-order chi connectivity index (χ1) is 12.3. The first-order valence-electron chi connectivity index (χ1n) is 8.69. The molecular weight excluding hydrogens is 356 g/mol. The standard InChI is InChI=1S/C17H26N4O4S/c1-3-20-10-12-21(13-11-20)17(23)8-9-18-26(24,25)16-6-4-15(5-7-16)19-14(2)22/h4-7,18H,3,8-13H2,1-2H3,(H,19,22). The van der Waals surface area contributed by atoms with Crippen LogP contribution in [0, 0.1) is 0 Å². The molecule has 0 saturated carbocycles. The molecule has 1 aromatic carbocycles. The maximum atomic E-state index is 12.3. The third-order valence-electron chi connectivity index (χ3n) is 4.29. The van der Waals surface area contributed by atoms with Crippen LogP contribution in [0.2, 0.25) is 0 Å². The van der Waals surface area contributed by atoms with Crippen LogP contribution in [0.4, 0.5) is 5.69 Å². The summed E-state index contributed by atoms with van der Waals surface area (Å²) in [6, 6.07) is 5.88. The smallest absolute Gasteiger partial charge is 0.240 e. The van der Waals surface area contributed by atoms with E-state index < -0.39 is 10.0 Å². The van der Waals surface area contributed by atoms with Gasteiger partial charge in [-0.1, -0.05) is 6.92 Å². The third kappa shape index (κ3) is 5.79. The number of piperazine rings is 1. The predicted octanol–water partition coefficient (Wildman–Crippen LogP) is 0.478. The van der Waals surface area contributed by atoms with Crippen molar-refractivity contribution in [1.29, 1.82) is 0 Å². The van der Waals surface area contributed by atoms with Crippen molar-refractivity contribution in [1.82, 2.24) is 14.5 Å². The molecule has 1 aliphatic rings. The van der Waals surface area contributed by atoms with Gasteiger partial charge in [0.2, 0.25) is 21.8 Å². The Labute approximate surface area is 154 Å². The molecule has 0 aliphatic carbocycles. The second-order valence-corrected chi connectivity index (χ2v) is 7.94. The van der Waals surface area contributed by atoms with E-state index in [1.807, 2.05) is 0 Å². The van der Waals surface area contributed by atoms with Crippen LogP contribution in [0.5, 0.6) is 0 Å². The Morgan fingerprint density at radius 3 is 2.23 bits per heavy atom. The van der Waals surface area contributed by atoms with Crippen LogP contribution >= 0.6 is 0 Å². The number of anilines is 1. The molecule has 8 nitrogen and oxygen atoms in total. The largest absolute Gasteiger partial charge is 0.340 e. The number of hydrogen-bond donors (Lipinski definition) is 2. The normalized spacial score (nSPS) is 15.7. The number of nitrogens with zero attached hydrogens (tertiary/aromatic N) is 2. The Bertz CT molecular complexity index is 726. The molecule has 2 N–H and O–H groups in total. The molecule has 1 fully saturated rings. The van der Waals surface area contributed by atoms with Gasteiger partial charge in [0, 0.05) is 51.8 Å².